The highest BCUT2D eigenvalue weighted by Crippen LogP contribution is 2.46. The van der Waals surface area contributed by atoms with Crippen molar-refractivity contribution in [3.63, 3.8) is 0 Å². The zero-order valence-corrected chi connectivity index (χ0v) is 31.4. The van der Waals surface area contributed by atoms with E-state index in [0.717, 1.165) is 22.3 Å². The number of hydrogen-bond donors (Lipinski definition) is 0. The lowest BCUT2D eigenvalue weighted by Gasteiger charge is -2.21. The molecule has 0 aliphatic rings. The maximum Gasteiger partial charge on any atom is 0.143 e. The van der Waals surface area contributed by atoms with Gasteiger partial charge in [-0.3, -0.25) is 0 Å². The van der Waals surface area contributed by atoms with Crippen LogP contribution in [0.3, 0.4) is 0 Å². The third-order valence-electron chi connectivity index (χ3n) is 11.0. The summed E-state index contributed by atoms with van der Waals surface area (Å²) in [6.07, 6.45) is 0. The van der Waals surface area contributed by atoms with Crippen LogP contribution in [0.4, 0.5) is 0 Å². The molecule has 53 heavy (non-hydrogen) atoms. The largest absolute Gasteiger partial charge is 0.455 e. The zero-order valence-electron chi connectivity index (χ0n) is 31.4. The van der Waals surface area contributed by atoms with Crippen molar-refractivity contribution < 1.29 is 4.42 Å². The molecule has 9 aromatic rings. The van der Waals surface area contributed by atoms with Crippen molar-refractivity contribution in [3.05, 3.63) is 169 Å². The average molecular weight is 685 g/mol. The van der Waals surface area contributed by atoms with Crippen LogP contribution in [-0.4, -0.2) is 0 Å². The summed E-state index contributed by atoms with van der Waals surface area (Å²) in [5, 5.41) is 7.39. The fourth-order valence-electron chi connectivity index (χ4n) is 8.05. The molecule has 0 saturated heterocycles. The van der Waals surface area contributed by atoms with Crippen LogP contribution in [0, 0.1) is 0 Å². The van der Waals surface area contributed by atoms with Crippen molar-refractivity contribution in [2.24, 2.45) is 0 Å². The van der Waals surface area contributed by atoms with Gasteiger partial charge < -0.3 is 4.42 Å². The Balaban J connectivity index is 1.28. The van der Waals surface area contributed by atoms with Gasteiger partial charge in [-0.1, -0.05) is 163 Å². The topological polar surface area (TPSA) is 13.1 Å². The molecular formula is C52H44O. The first kappa shape index (κ1) is 33.0. The molecule has 0 aliphatic heterocycles. The fraction of sp³-hybridized carbons (Fsp3) is 0.154. The van der Waals surface area contributed by atoms with E-state index in [9.17, 15) is 0 Å². The predicted octanol–water partition coefficient (Wildman–Crippen LogP) is 15.2. The summed E-state index contributed by atoms with van der Waals surface area (Å²) in [4.78, 5) is 0. The van der Waals surface area contributed by atoms with E-state index in [1.807, 2.05) is 0 Å². The first-order chi connectivity index (χ1) is 25.5. The molecule has 0 saturated carbocycles. The molecule has 0 radical (unpaired) electrons. The van der Waals surface area contributed by atoms with E-state index in [4.69, 9.17) is 4.42 Å². The van der Waals surface area contributed by atoms with Crippen molar-refractivity contribution in [1.82, 2.24) is 0 Å². The summed E-state index contributed by atoms with van der Waals surface area (Å²) in [6.45, 7) is 13.7. The van der Waals surface area contributed by atoms with E-state index in [1.54, 1.807) is 0 Å². The summed E-state index contributed by atoms with van der Waals surface area (Å²) < 4.78 is 6.74. The minimum Gasteiger partial charge on any atom is -0.455 e. The molecule has 0 aliphatic carbocycles. The molecule has 0 N–H and O–H groups in total. The number of hydrogen-bond acceptors (Lipinski definition) is 1. The molecule has 1 heterocycles. The summed E-state index contributed by atoms with van der Waals surface area (Å²) in [6, 6.07) is 58.0. The smallest absolute Gasteiger partial charge is 0.143 e. The van der Waals surface area contributed by atoms with E-state index in [1.165, 1.54) is 76.8 Å². The van der Waals surface area contributed by atoms with Crippen LogP contribution < -0.4 is 0 Å². The number of benzene rings is 8. The average Bonchev–Trinajstić information content (AvgIpc) is 3.54. The van der Waals surface area contributed by atoms with Gasteiger partial charge in [0, 0.05) is 16.3 Å². The fourth-order valence-corrected chi connectivity index (χ4v) is 8.05. The Morgan fingerprint density at radius 3 is 1.51 bits per heavy atom. The van der Waals surface area contributed by atoms with Crippen LogP contribution in [0.15, 0.2) is 162 Å². The van der Waals surface area contributed by atoms with Crippen molar-refractivity contribution in [1.29, 1.82) is 0 Å². The highest BCUT2D eigenvalue weighted by Gasteiger charge is 2.23. The zero-order chi connectivity index (χ0) is 36.5. The molecule has 1 aromatic heterocycles. The molecule has 8 aromatic carbocycles. The van der Waals surface area contributed by atoms with Crippen molar-refractivity contribution >= 4 is 43.5 Å². The van der Waals surface area contributed by atoms with Crippen molar-refractivity contribution in [2.45, 2.75) is 52.4 Å². The quantitative estimate of drug-likeness (QED) is 0.168. The Labute approximate surface area is 312 Å². The van der Waals surface area contributed by atoms with Crippen LogP contribution in [0.2, 0.25) is 0 Å². The van der Waals surface area contributed by atoms with Gasteiger partial charge in [-0.15, -0.1) is 0 Å². The molecule has 0 spiro atoms. The summed E-state index contributed by atoms with van der Waals surface area (Å²) in [7, 11) is 0. The lowest BCUT2D eigenvalue weighted by molar-refractivity contribution is 0.590. The second-order valence-electron chi connectivity index (χ2n) is 16.6. The van der Waals surface area contributed by atoms with Gasteiger partial charge in [-0.2, -0.15) is 0 Å². The van der Waals surface area contributed by atoms with E-state index in [-0.39, 0.29) is 10.8 Å². The molecule has 1 nitrogen and oxygen atoms in total. The van der Waals surface area contributed by atoms with Crippen LogP contribution in [0.5, 0.6) is 0 Å². The van der Waals surface area contributed by atoms with Gasteiger partial charge in [0.2, 0.25) is 0 Å². The molecule has 9 rings (SSSR count). The van der Waals surface area contributed by atoms with Gasteiger partial charge in [0.15, 0.2) is 0 Å². The Kier molecular flexibility index (Phi) is 7.68. The lowest BCUT2D eigenvalue weighted by atomic mass is 9.83. The van der Waals surface area contributed by atoms with Gasteiger partial charge in [0.1, 0.15) is 11.2 Å². The third-order valence-corrected chi connectivity index (χ3v) is 11.0. The normalized spacial score (nSPS) is 12.3. The maximum absolute atomic E-state index is 6.74. The summed E-state index contributed by atoms with van der Waals surface area (Å²) in [5.74, 6) is 0. The highest BCUT2D eigenvalue weighted by atomic mass is 16.3. The van der Waals surface area contributed by atoms with E-state index in [2.05, 4.69) is 199 Å². The Morgan fingerprint density at radius 2 is 0.868 bits per heavy atom. The second kappa shape index (κ2) is 12.3. The van der Waals surface area contributed by atoms with Gasteiger partial charge >= 0.3 is 0 Å². The van der Waals surface area contributed by atoms with Crippen molar-refractivity contribution in [3.8, 4) is 44.5 Å². The number of furan rings is 1. The Bertz CT molecular complexity index is 2820. The van der Waals surface area contributed by atoms with Gasteiger partial charge in [-0.05, 0) is 119 Å². The van der Waals surface area contributed by atoms with Crippen LogP contribution >= 0.6 is 0 Å². The number of fused-ring (bicyclic) bond motifs is 5. The van der Waals surface area contributed by atoms with E-state index in [0.29, 0.717) is 0 Å². The molecule has 0 amide bonds. The van der Waals surface area contributed by atoms with E-state index >= 15 is 0 Å². The van der Waals surface area contributed by atoms with Crippen molar-refractivity contribution in [2.75, 3.05) is 0 Å². The monoisotopic (exact) mass is 684 g/mol. The van der Waals surface area contributed by atoms with Crippen LogP contribution in [0.25, 0.3) is 88.0 Å². The SMILES string of the molecule is CC(C)(C)c1ccc2oc3c(-c4cccc(-c5ccc6c(-c7ccccc7)c7ccccc7c(-c7ccccc7)c6c5)c4)cc(C(C)(C)C)cc3c2c1. The second-order valence-corrected chi connectivity index (χ2v) is 16.6. The van der Waals surface area contributed by atoms with Crippen LogP contribution in [-0.2, 0) is 10.8 Å². The first-order valence-corrected chi connectivity index (χ1v) is 18.8. The lowest BCUT2D eigenvalue weighted by Crippen LogP contribution is -2.11. The third kappa shape index (κ3) is 5.72. The standard InChI is InChI=1S/C52H44O/c1-51(2,3)38-25-27-47-44(30-38)46-32-39(52(4,5)6)31-43(50(46)53-47)37-21-15-20-35(28-37)36-24-26-42-45(29-36)49(34-18-11-8-12-19-34)41-23-14-13-22-40(41)48(42)33-16-9-7-10-17-33/h7-32H,1-6H3. The Hall–Kier alpha value is -5.92. The molecule has 0 unspecified atom stereocenters. The van der Waals surface area contributed by atoms with E-state index < -0.39 is 0 Å². The molecule has 0 fully saturated rings. The van der Waals surface area contributed by atoms with Crippen LogP contribution in [0.1, 0.15) is 52.7 Å². The molecular weight excluding hydrogens is 641 g/mol. The minimum absolute atomic E-state index is 0.0306. The summed E-state index contributed by atoms with van der Waals surface area (Å²) in [5.41, 5.74) is 14.1. The molecule has 258 valence electrons. The van der Waals surface area contributed by atoms with Gasteiger partial charge in [-0.25, -0.2) is 0 Å². The maximum atomic E-state index is 6.74. The Morgan fingerprint density at radius 1 is 0.340 bits per heavy atom. The number of rotatable bonds is 4. The predicted molar refractivity (Wildman–Crippen MR) is 228 cm³/mol. The molecule has 0 bridgehead atoms. The first-order valence-electron chi connectivity index (χ1n) is 18.8. The summed E-state index contributed by atoms with van der Waals surface area (Å²) >= 11 is 0. The molecule has 1 heteroatoms. The molecule has 0 atom stereocenters. The minimum atomic E-state index is -0.0306. The highest BCUT2D eigenvalue weighted by molar-refractivity contribution is 6.22. The van der Waals surface area contributed by atoms with Gasteiger partial charge in [0.25, 0.3) is 0 Å². The van der Waals surface area contributed by atoms with Gasteiger partial charge in [0.05, 0.1) is 0 Å².